The summed E-state index contributed by atoms with van der Waals surface area (Å²) in [7, 11) is 2.01. The van der Waals surface area contributed by atoms with Crippen LogP contribution in [0.4, 0.5) is 0 Å². The molecule has 1 unspecified atom stereocenters. The normalized spacial score (nSPS) is 12.9. The third-order valence-corrected chi connectivity index (χ3v) is 5.31. The van der Waals surface area contributed by atoms with E-state index < -0.39 is 0 Å². The van der Waals surface area contributed by atoms with E-state index in [0.717, 1.165) is 23.1 Å². The maximum absolute atomic E-state index is 4.76. The Hall–Kier alpha value is -1.17. The smallest absolute Gasteiger partial charge is 0.0876 e. The second-order valence-electron chi connectivity index (χ2n) is 5.07. The number of para-hydroxylation sites is 1. The third-order valence-electron chi connectivity index (χ3n) is 3.59. The lowest BCUT2D eigenvalue weighted by Gasteiger charge is -2.15. The minimum atomic E-state index is 0.242. The Bertz CT molecular complexity index is 747. The zero-order valence-corrected chi connectivity index (χ0v) is 14.5. The molecule has 0 aliphatic heterocycles. The minimum absolute atomic E-state index is 0.242. The molecule has 110 valence electrons. The van der Waals surface area contributed by atoms with Crippen LogP contribution in [-0.2, 0) is 13.5 Å². The Morgan fingerprint density at radius 1 is 1.38 bits per heavy atom. The van der Waals surface area contributed by atoms with Crippen molar-refractivity contribution in [3.05, 3.63) is 50.8 Å². The summed E-state index contributed by atoms with van der Waals surface area (Å²) in [5.74, 6) is 0. The van der Waals surface area contributed by atoms with Crippen molar-refractivity contribution in [2.24, 2.45) is 7.05 Å². The molecule has 1 atom stereocenters. The first-order chi connectivity index (χ1) is 10.2. The van der Waals surface area contributed by atoms with E-state index in [1.165, 1.54) is 15.8 Å². The Kier molecular flexibility index (Phi) is 4.42. The van der Waals surface area contributed by atoms with Gasteiger partial charge in [0.1, 0.15) is 0 Å². The first kappa shape index (κ1) is 14.8. The van der Waals surface area contributed by atoms with Crippen LogP contribution in [0.15, 0.2) is 40.2 Å². The highest BCUT2D eigenvalue weighted by molar-refractivity contribution is 9.10. The van der Waals surface area contributed by atoms with Crippen LogP contribution in [0.1, 0.15) is 23.5 Å². The average Bonchev–Trinajstić information content (AvgIpc) is 3.03. The molecule has 0 saturated heterocycles. The number of fused-ring (bicyclic) bond motifs is 1. The Balaban J connectivity index is 1.99. The monoisotopic (exact) mass is 363 g/mol. The number of aromatic nitrogens is 2. The number of hydrogen-bond acceptors (Lipinski definition) is 3. The van der Waals surface area contributed by atoms with Crippen LogP contribution < -0.4 is 5.32 Å². The predicted octanol–water partition coefficient (Wildman–Crippen LogP) is 4.29. The Morgan fingerprint density at radius 2 is 2.19 bits per heavy atom. The molecule has 0 saturated carbocycles. The lowest BCUT2D eigenvalue weighted by molar-refractivity contribution is 0.534. The van der Waals surface area contributed by atoms with Crippen molar-refractivity contribution < 1.29 is 0 Å². The summed E-state index contributed by atoms with van der Waals surface area (Å²) < 4.78 is 3.13. The number of aryl methyl sites for hydroxylation is 1. The molecule has 0 amide bonds. The summed E-state index contributed by atoms with van der Waals surface area (Å²) >= 11 is 5.32. The highest BCUT2D eigenvalue weighted by Gasteiger charge is 2.19. The average molecular weight is 364 g/mol. The van der Waals surface area contributed by atoms with Gasteiger partial charge in [-0.2, -0.15) is 5.10 Å². The van der Waals surface area contributed by atoms with Crippen LogP contribution in [0, 0.1) is 0 Å². The van der Waals surface area contributed by atoms with E-state index in [1.807, 2.05) is 11.7 Å². The summed E-state index contributed by atoms with van der Waals surface area (Å²) in [5.41, 5.74) is 2.32. The van der Waals surface area contributed by atoms with Gasteiger partial charge in [0.15, 0.2) is 0 Å². The molecule has 1 N–H and O–H groups in total. The van der Waals surface area contributed by atoms with Crippen molar-refractivity contribution in [1.29, 1.82) is 0 Å². The molecule has 3 aromatic rings. The van der Waals surface area contributed by atoms with Gasteiger partial charge in [-0.15, -0.1) is 11.3 Å². The molecule has 3 rings (SSSR count). The summed E-state index contributed by atoms with van der Waals surface area (Å²) in [4.78, 5) is 1.36. The number of rotatable bonds is 5. The van der Waals surface area contributed by atoms with Crippen LogP contribution in [0.2, 0.25) is 0 Å². The van der Waals surface area contributed by atoms with Gasteiger partial charge in [0.2, 0.25) is 0 Å². The van der Waals surface area contributed by atoms with Crippen molar-refractivity contribution in [3.8, 4) is 0 Å². The fourth-order valence-corrected chi connectivity index (χ4v) is 4.17. The molecule has 0 bridgehead atoms. The lowest BCUT2D eigenvalue weighted by atomic mass is 10.1. The van der Waals surface area contributed by atoms with Crippen LogP contribution in [-0.4, -0.2) is 16.3 Å². The second-order valence-corrected chi connectivity index (χ2v) is 6.98. The van der Waals surface area contributed by atoms with Gasteiger partial charge in [-0.3, -0.25) is 4.68 Å². The van der Waals surface area contributed by atoms with E-state index in [0.29, 0.717) is 0 Å². The van der Waals surface area contributed by atoms with Crippen LogP contribution in [0.25, 0.3) is 10.9 Å². The molecule has 0 radical (unpaired) electrons. The van der Waals surface area contributed by atoms with Crippen molar-refractivity contribution in [2.45, 2.75) is 19.4 Å². The van der Waals surface area contributed by atoms with Gasteiger partial charge in [0.05, 0.1) is 17.3 Å². The van der Waals surface area contributed by atoms with Gasteiger partial charge in [-0.25, -0.2) is 0 Å². The molecular weight excluding hydrogens is 346 g/mol. The maximum atomic E-state index is 4.76. The molecule has 0 spiro atoms. The van der Waals surface area contributed by atoms with Crippen LogP contribution in [0.5, 0.6) is 0 Å². The number of benzene rings is 1. The largest absolute Gasteiger partial charge is 0.309 e. The molecule has 0 fully saturated rings. The van der Waals surface area contributed by atoms with Crippen molar-refractivity contribution in [2.75, 3.05) is 6.54 Å². The molecule has 21 heavy (non-hydrogen) atoms. The number of likely N-dealkylation sites (N-methyl/N-ethyl adjacent to an activating group) is 1. The first-order valence-corrected chi connectivity index (χ1v) is 8.74. The van der Waals surface area contributed by atoms with E-state index in [4.69, 9.17) is 5.10 Å². The third kappa shape index (κ3) is 3.05. The standard InChI is InChI=1S/C16H18BrN3S/c1-3-18-14(9-12-8-11(17)10-21-12)16-13-6-4-5-7-15(13)20(2)19-16/h4-8,10,14,18H,3,9H2,1-2H3. The van der Waals surface area contributed by atoms with Gasteiger partial charge in [-0.05, 0) is 34.6 Å². The molecule has 3 nitrogen and oxygen atoms in total. The predicted molar refractivity (Wildman–Crippen MR) is 92.9 cm³/mol. The molecule has 2 aromatic heterocycles. The van der Waals surface area contributed by atoms with Gasteiger partial charge in [0, 0.05) is 33.6 Å². The van der Waals surface area contributed by atoms with Crippen molar-refractivity contribution >= 4 is 38.2 Å². The fourth-order valence-electron chi connectivity index (χ4n) is 2.67. The molecule has 0 aliphatic rings. The Labute approximate surface area is 137 Å². The van der Waals surface area contributed by atoms with Gasteiger partial charge in [0.25, 0.3) is 0 Å². The number of nitrogens with one attached hydrogen (secondary N) is 1. The zero-order valence-electron chi connectivity index (χ0n) is 12.1. The highest BCUT2D eigenvalue weighted by Crippen LogP contribution is 2.29. The topological polar surface area (TPSA) is 29.9 Å². The van der Waals surface area contributed by atoms with Gasteiger partial charge < -0.3 is 5.32 Å². The van der Waals surface area contributed by atoms with E-state index in [1.54, 1.807) is 11.3 Å². The number of hydrogen-bond donors (Lipinski definition) is 1. The van der Waals surface area contributed by atoms with E-state index >= 15 is 0 Å². The molecule has 5 heteroatoms. The van der Waals surface area contributed by atoms with Crippen LogP contribution in [0.3, 0.4) is 0 Å². The van der Waals surface area contributed by atoms with Crippen molar-refractivity contribution in [1.82, 2.24) is 15.1 Å². The minimum Gasteiger partial charge on any atom is -0.309 e. The maximum Gasteiger partial charge on any atom is 0.0876 e. The highest BCUT2D eigenvalue weighted by atomic mass is 79.9. The van der Waals surface area contributed by atoms with Crippen LogP contribution >= 0.6 is 27.3 Å². The SMILES string of the molecule is CCNC(Cc1cc(Br)cs1)c1nn(C)c2ccccc12. The van der Waals surface area contributed by atoms with E-state index in [2.05, 4.69) is 63.9 Å². The molecule has 2 heterocycles. The summed E-state index contributed by atoms with van der Waals surface area (Å²) in [6.07, 6.45) is 0.963. The van der Waals surface area contributed by atoms with E-state index in [-0.39, 0.29) is 6.04 Å². The number of nitrogens with zero attached hydrogens (tertiary/aromatic N) is 2. The van der Waals surface area contributed by atoms with Crippen molar-refractivity contribution in [3.63, 3.8) is 0 Å². The van der Waals surface area contributed by atoms with E-state index in [9.17, 15) is 0 Å². The molecule has 0 aliphatic carbocycles. The Morgan fingerprint density at radius 3 is 2.90 bits per heavy atom. The molecular formula is C16H18BrN3S. The van der Waals surface area contributed by atoms with Gasteiger partial charge in [-0.1, -0.05) is 25.1 Å². The first-order valence-electron chi connectivity index (χ1n) is 7.07. The number of halogens is 1. The zero-order chi connectivity index (χ0) is 14.8. The number of thiophene rings is 1. The summed E-state index contributed by atoms with van der Waals surface area (Å²) in [6, 6.07) is 10.9. The lowest BCUT2D eigenvalue weighted by Crippen LogP contribution is -2.23. The summed E-state index contributed by atoms with van der Waals surface area (Å²) in [5, 5.41) is 11.7. The quantitative estimate of drug-likeness (QED) is 0.732. The second kappa shape index (κ2) is 6.30. The van der Waals surface area contributed by atoms with Gasteiger partial charge >= 0.3 is 0 Å². The fraction of sp³-hybridized carbons (Fsp3) is 0.312. The summed E-state index contributed by atoms with van der Waals surface area (Å²) in [6.45, 7) is 3.07. The molecule has 1 aromatic carbocycles.